The van der Waals surface area contributed by atoms with Gasteiger partial charge in [-0.3, -0.25) is 0 Å². The molecule has 2 rings (SSSR count). The Morgan fingerprint density at radius 2 is 1.76 bits per heavy atom. The van der Waals surface area contributed by atoms with E-state index < -0.39 is 0 Å². The molecule has 0 aliphatic heterocycles. The first kappa shape index (κ1) is 14.9. The van der Waals surface area contributed by atoms with Crippen molar-refractivity contribution in [2.75, 3.05) is 13.7 Å². The maximum Gasteiger partial charge on any atom is 0.315 e. The quantitative estimate of drug-likeness (QED) is 0.857. The van der Waals surface area contributed by atoms with Crippen molar-refractivity contribution in [1.29, 1.82) is 0 Å². The van der Waals surface area contributed by atoms with Gasteiger partial charge >= 0.3 is 6.03 Å². The molecule has 0 unspecified atom stereocenters. The molecule has 110 valence electrons. The molecule has 0 fully saturated rings. The second-order valence-electron chi connectivity index (χ2n) is 4.70. The number of hydrogen-bond donors (Lipinski definition) is 2. The summed E-state index contributed by atoms with van der Waals surface area (Å²) < 4.78 is 5.15. The summed E-state index contributed by atoms with van der Waals surface area (Å²) in [6.07, 6.45) is 0.827. The van der Waals surface area contributed by atoms with Crippen molar-refractivity contribution in [2.45, 2.75) is 13.0 Å². The van der Waals surface area contributed by atoms with Crippen LogP contribution in [0, 0.1) is 0 Å². The number of carbonyl (C=O) groups is 1. The normalized spacial score (nSPS) is 9.95. The van der Waals surface area contributed by atoms with E-state index in [2.05, 4.69) is 22.8 Å². The number of benzene rings is 2. The van der Waals surface area contributed by atoms with Crippen LogP contribution in [0.5, 0.6) is 5.75 Å². The molecule has 2 aromatic carbocycles. The lowest BCUT2D eigenvalue weighted by Crippen LogP contribution is -2.36. The Labute approximate surface area is 125 Å². The smallest absolute Gasteiger partial charge is 0.315 e. The molecule has 0 spiro atoms. The van der Waals surface area contributed by atoms with Crippen molar-refractivity contribution < 1.29 is 9.53 Å². The minimum Gasteiger partial charge on any atom is -0.497 e. The van der Waals surface area contributed by atoms with Gasteiger partial charge in [0.15, 0.2) is 0 Å². The fourth-order valence-electron chi connectivity index (χ4n) is 1.99. The predicted molar refractivity (Wildman–Crippen MR) is 83.4 cm³/mol. The molecule has 0 aliphatic carbocycles. The van der Waals surface area contributed by atoms with Crippen LogP contribution < -0.4 is 15.4 Å². The van der Waals surface area contributed by atoms with Gasteiger partial charge in [-0.1, -0.05) is 42.5 Å². The molecule has 0 heterocycles. The van der Waals surface area contributed by atoms with E-state index in [1.54, 1.807) is 7.11 Å². The number of methoxy groups -OCH3 is 1. The number of ether oxygens (including phenoxy) is 1. The lowest BCUT2D eigenvalue weighted by atomic mass is 10.1. The Morgan fingerprint density at radius 1 is 1.00 bits per heavy atom. The minimum absolute atomic E-state index is 0.159. The number of nitrogens with one attached hydrogen (secondary N) is 2. The summed E-state index contributed by atoms with van der Waals surface area (Å²) in [5.41, 5.74) is 2.22. The molecule has 2 amide bonds. The van der Waals surface area contributed by atoms with Crippen LogP contribution in [0.4, 0.5) is 4.79 Å². The summed E-state index contributed by atoms with van der Waals surface area (Å²) in [5.74, 6) is 0.791. The van der Waals surface area contributed by atoms with E-state index in [9.17, 15) is 4.79 Å². The summed E-state index contributed by atoms with van der Waals surface area (Å²) in [4.78, 5) is 11.7. The topological polar surface area (TPSA) is 50.4 Å². The molecule has 0 aliphatic rings. The molecule has 4 nitrogen and oxygen atoms in total. The van der Waals surface area contributed by atoms with Gasteiger partial charge in [0, 0.05) is 13.1 Å². The Bertz CT molecular complexity index is 570. The van der Waals surface area contributed by atoms with Gasteiger partial charge in [-0.2, -0.15) is 0 Å². The molecule has 0 saturated heterocycles. The highest BCUT2D eigenvalue weighted by Crippen LogP contribution is 2.11. The van der Waals surface area contributed by atoms with E-state index in [1.165, 1.54) is 5.56 Å². The van der Waals surface area contributed by atoms with Crippen LogP contribution in [0.3, 0.4) is 0 Å². The summed E-state index contributed by atoms with van der Waals surface area (Å²) >= 11 is 0. The Hall–Kier alpha value is -2.49. The van der Waals surface area contributed by atoms with E-state index in [4.69, 9.17) is 4.74 Å². The van der Waals surface area contributed by atoms with Crippen molar-refractivity contribution in [3.63, 3.8) is 0 Å². The van der Waals surface area contributed by atoms with Gasteiger partial charge < -0.3 is 15.4 Å². The van der Waals surface area contributed by atoms with Crippen LogP contribution in [0.25, 0.3) is 0 Å². The fraction of sp³-hybridized carbons (Fsp3) is 0.235. The monoisotopic (exact) mass is 284 g/mol. The van der Waals surface area contributed by atoms with E-state index in [1.807, 2.05) is 42.5 Å². The average molecular weight is 284 g/mol. The second-order valence-corrected chi connectivity index (χ2v) is 4.70. The van der Waals surface area contributed by atoms with Gasteiger partial charge in [0.05, 0.1) is 7.11 Å². The van der Waals surface area contributed by atoms with Crippen molar-refractivity contribution >= 4 is 6.03 Å². The summed E-state index contributed by atoms with van der Waals surface area (Å²) in [7, 11) is 1.63. The molecule has 0 atom stereocenters. The highest BCUT2D eigenvalue weighted by Gasteiger charge is 2.01. The minimum atomic E-state index is -0.159. The Kier molecular flexibility index (Phi) is 5.64. The number of rotatable bonds is 6. The van der Waals surface area contributed by atoms with Gasteiger partial charge in [0.25, 0.3) is 0 Å². The lowest BCUT2D eigenvalue weighted by Gasteiger charge is -2.08. The zero-order valence-corrected chi connectivity index (χ0v) is 12.1. The van der Waals surface area contributed by atoms with Crippen molar-refractivity contribution in [2.24, 2.45) is 0 Å². The maximum absolute atomic E-state index is 11.7. The van der Waals surface area contributed by atoms with Gasteiger partial charge in [0.1, 0.15) is 5.75 Å². The van der Waals surface area contributed by atoms with Crippen LogP contribution in [-0.2, 0) is 13.0 Å². The van der Waals surface area contributed by atoms with E-state index in [0.717, 1.165) is 17.7 Å². The largest absolute Gasteiger partial charge is 0.497 e. The van der Waals surface area contributed by atoms with Crippen LogP contribution in [0.15, 0.2) is 54.6 Å². The van der Waals surface area contributed by atoms with Crippen LogP contribution >= 0.6 is 0 Å². The second kappa shape index (κ2) is 7.94. The third-order valence-electron chi connectivity index (χ3n) is 3.13. The van der Waals surface area contributed by atoms with Crippen LogP contribution in [0.1, 0.15) is 11.1 Å². The molecule has 0 saturated carbocycles. The Morgan fingerprint density at radius 3 is 2.52 bits per heavy atom. The Balaban J connectivity index is 1.70. The van der Waals surface area contributed by atoms with E-state index in [-0.39, 0.29) is 6.03 Å². The zero-order valence-electron chi connectivity index (χ0n) is 12.1. The highest BCUT2D eigenvalue weighted by molar-refractivity contribution is 5.73. The highest BCUT2D eigenvalue weighted by atomic mass is 16.5. The summed E-state index contributed by atoms with van der Waals surface area (Å²) in [6.45, 7) is 1.10. The SMILES string of the molecule is COc1cccc(CNC(=O)NCCc2ccccc2)c1. The number of carbonyl (C=O) groups excluding carboxylic acids is 1. The number of urea groups is 1. The van der Waals surface area contributed by atoms with E-state index in [0.29, 0.717) is 13.1 Å². The molecule has 0 radical (unpaired) electrons. The first-order chi connectivity index (χ1) is 10.3. The summed E-state index contributed by atoms with van der Waals surface area (Å²) in [6, 6.07) is 17.6. The fourth-order valence-corrected chi connectivity index (χ4v) is 1.99. The first-order valence-corrected chi connectivity index (χ1v) is 6.96. The molecule has 0 bridgehead atoms. The third kappa shape index (κ3) is 5.18. The van der Waals surface area contributed by atoms with E-state index >= 15 is 0 Å². The molecular formula is C17H20N2O2. The molecule has 4 heteroatoms. The number of hydrogen-bond acceptors (Lipinski definition) is 2. The predicted octanol–water partition coefficient (Wildman–Crippen LogP) is 2.74. The maximum atomic E-state index is 11.7. The summed E-state index contributed by atoms with van der Waals surface area (Å²) in [5, 5.41) is 5.68. The van der Waals surface area contributed by atoms with Crippen molar-refractivity contribution in [3.8, 4) is 5.75 Å². The average Bonchev–Trinajstić information content (AvgIpc) is 2.54. The van der Waals surface area contributed by atoms with Crippen molar-refractivity contribution in [3.05, 3.63) is 65.7 Å². The molecule has 2 aromatic rings. The van der Waals surface area contributed by atoms with Crippen molar-refractivity contribution in [1.82, 2.24) is 10.6 Å². The molecule has 21 heavy (non-hydrogen) atoms. The zero-order chi connectivity index (χ0) is 14.9. The lowest BCUT2D eigenvalue weighted by molar-refractivity contribution is 0.240. The molecular weight excluding hydrogens is 264 g/mol. The third-order valence-corrected chi connectivity index (χ3v) is 3.13. The first-order valence-electron chi connectivity index (χ1n) is 6.96. The van der Waals surface area contributed by atoms with Gasteiger partial charge in [0.2, 0.25) is 0 Å². The molecule has 0 aromatic heterocycles. The molecule has 2 N–H and O–H groups in total. The number of amides is 2. The standard InChI is InChI=1S/C17H20N2O2/c1-21-16-9-5-8-15(12-16)13-19-17(20)18-11-10-14-6-3-2-4-7-14/h2-9,12H,10-11,13H2,1H3,(H2,18,19,20). The van der Waals surface area contributed by atoms with Gasteiger partial charge in [-0.05, 0) is 29.7 Å². The van der Waals surface area contributed by atoms with Gasteiger partial charge in [-0.25, -0.2) is 4.79 Å². The van der Waals surface area contributed by atoms with Crippen LogP contribution in [-0.4, -0.2) is 19.7 Å². The van der Waals surface area contributed by atoms with Crippen LogP contribution in [0.2, 0.25) is 0 Å². The van der Waals surface area contributed by atoms with Gasteiger partial charge in [-0.15, -0.1) is 0 Å².